The van der Waals surface area contributed by atoms with Crippen LogP contribution in [0.25, 0.3) is 0 Å². The van der Waals surface area contributed by atoms with Gasteiger partial charge in [0, 0.05) is 5.75 Å². The second-order valence-electron chi connectivity index (χ2n) is 13.6. The molecule has 0 aromatic carbocycles. The molecule has 0 aliphatic rings. The molecular formula is C38H81NO3S. The fraction of sp³-hybridized carbons (Fsp3) is 1.00. The number of rotatable bonds is 33. The number of unbranched alkanes of at least 4 members (excludes halogenated alkanes) is 24. The van der Waals surface area contributed by atoms with E-state index in [1.54, 1.807) is 0 Å². The molecule has 0 aliphatic heterocycles. The molecule has 0 bridgehead atoms. The van der Waals surface area contributed by atoms with Crippen molar-refractivity contribution in [3.63, 3.8) is 0 Å². The van der Waals surface area contributed by atoms with Crippen LogP contribution in [0.5, 0.6) is 0 Å². The third-order valence-corrected chi connectivity index (χ3v) is 10.2. The van der Waals surface area contributed by atoms with Crippen LogP contribution in [0, 0.1) is 0 Å². The van der Waals surface area contributed by atoms with Crippen molar-refractivity contribution in [3.05, 3.63) is 0 Å². The minimum absolute atomic E-state index is 0.191. The Morgan fingerprint density at radius 3 is 0.837 bits per heavy atom. The van der Waals surface area contributed by atoms with Gasteiger partial charge < -0.3 is 9.04 Å². The van der Waals surface area contributed by atoms with E-state index in [9.17, 15) is 13.0 Å². The first-order valence-electron chi connectivity index (χ1n) is 19.6. The molecule has 0 aromatic rings. The van der Waals surface area contributed by atoms with Gasteiger partial charge in [0.15, 0.2) is 0 Å². The topological polar surface area (TPSA) is 57.2 Å². The normalized spacial score (nSPS) is 12.0. The second kappa shape index (κ2) is 34.7. The maximum absolute atomic E-state index is 10.3. The largest absolute Gasteiger partial charge is 0.748 e. The quantitative estimate of drug-likeness (QED) is 0.0411. The van der Waals surface area contributed by atoms with Crippen molar-refractivity contribution in [1.29, 1.82) is 0 Å². The third-order valence-electron chi connectivity index (χ3n) is 9.38. The summed E-state index contributed by atoms with van der Waals surface area (Å²) in [6.07, 6.45) is 37.4. The van der Waals surface area contributed by atoms with Gasteiger partial charge in [-0.05, 0) is 51.9 Å². The lowest BCUT2D eigenvalue weighted by Crippen LogP contribution is -2.50. The molecule has 0 unspecified atom stereocenters. The van der Waals surface area contributed by atoms with Crippen LogP contribution >= 0.6 is 0 Å². The Kier molecular flexibility index (Phi) is 36.3. The van der Waals surface area contributed by atoms with E-state index in [4.69, 9.17) is 0 Å². The molecule has 262 valence electrons. The Morgan fingerprint density at radius 2 is 0.605 bits per heavy atom. The van der Waals surface area contributed by atoms with E-state index >= 15 is 0 Å². The Labute approximate surface area is 273 Å². The molecule has 0 aromatic heterocycles. The molecule has 0 atom stereocenters. The van der Waals surface area contributed by atoms with Gasteiger partial charge in [0.05, 0.1) is 36.3 Å². The van der Waals surface area contributed by atoms with Crippen molar-refractivity contribution in [3.8, 4) is 0 Å². The van der Waals surface area contributed by atoms with Crippen LogP contribution in [0.4, 0.5) is 0 Å². The van der Waals surface area contributed by atoms with Crippen molar-refractivity contribution in [2.45, 2.75) is 214 Å². The van der Waals surface area contributed by atoms with E-state index < -0.39 is 10.1 Å². The van der Waals surface area contributed by atoms with Crippen LogP contribution in [-0.2, 0) is 10.1 Å². The molecule has 0 aliphatic carbocycles. The van der Waals surface area contributed by atoms with Gasteiger partial charge in [-0.3, -0.25) is 0 Å². The number of hydrogen-bond acceptors (Lipinski definition) is 3. The molecule has 0 saturated carbocycles. The van der Waals surface area contributed by atoms with Crippen LogP contribution in [0.15, 0.2) is 0 Å². The van der Waals surface area contributed by atoms with E-state index in [1.807, 2.05) is 0 Å². The second-order valence-corrected chi connectivity index (χ2v) is 15.1. The molecule has 0 radical (unpaired) electrons. The highest BCUT2D eigenvalue weighted by Gasteiger charge is 2.23. The zero-order valence-electron chi connectivity index (χ0n) is 30.4. The minimum atomic E-state index is -3.98. The summed E-state index contributed by atoms with van der Waals surface area (Å²) in [6, 6.07) is 0. The summed E-state index contributed by atoms with van der Waals surface area (Å²) in [5, 5.41) is 0. The molecule has 0 amide bonds. The Bertz CT molecular complexity index is 582. The maximum atomic E-state index is 10.3. The SMILES string of the molecule is CCCCCCCCCCCCS(=O)(=O)[O-].CCCCCCCC[N+](CC)(CCCCCCCC)CCCCCCCC. The van der Waals surface area contributed by atoms with Gasteiger partial charge in [-0.15, -0.1) is 0 Å². The van der Waals surface area contributed by atoms with Crippen LogP contribution in [-0.4, -0.2) is 49.4 Å². The van der Waals surface area contributed by atoms with E-state index in [2.05, 4.69) is 34.6 Å². The zero-order chi connectivity index (χ0) is 32.3. The lowest BCUT2D eigenvalue weighted by molar-refractivity contribution is -0.927. The van der Waals surface area contributed by atoms with Crippen LogP contribution in [0.1, 0.15) is 214 Å². The van der Waals surface area contributed by atoms with E-state index in [0.717, 1.165) is 12.8 Å². The molecule has 0 rings (SSSR count). The van der Waals surface area contributed by atoms with Crippen LogP contribution in [0.2, 0.25) is 0 Å². The Morgan fingerprint density at radius 1 is 0.372 bits per heavy atom. The van der Waals surface area contributed by atoms with Gasteiger partial charge in [0.25, 0.3) is 0 Å². The molecule has 0 spiro atoms. The fourth-order valence-electron chi connectivity index (χ4n) is 6.26. The highest BCUT2D eigenvalue weighted by Crippen LogP contribution is 2.18. The van der Waals surface area contributed by atoms with Gasteiger partial charge in [-0.1, -0.05) is 163 Å². The van der Waals surface area contributed by atoms with Crippen molar-refractivity contribution in [1.82, 2.24) is 0 Å². The zero-order valence-corrected chi connectivity index (χ0v) is 31.2. The molecular weight excluding hydrogens is 550 g/mol. The van der Waals surface area contributed by atoms with Gasteiger partial charge >= 0.3 is 0 Å². The van der Waals surface area contributed by atoms with Crippen molar-refractivity contribution >= 4 is 10.1 Å². The van der Waals surface area contributed by atoms with E-state index in [0.29, 0.717) is 6.42 Å². The molecule has 0 heterocycles. The summed E-state index contributed by atoms with van der Waals surface area (Å²) in [5.41, 5.74) is 0. The first-order chi connectivity index (χ1) is 20.8. The average molecular weight is 632 g/mol. The fourth-order valence-corrected chi connectivity index (χ4v) is 6.82. The molecule has 0 fully saturated rings. The summed E-state index contributed by atoms with van der Waals surface area (Å²) in [5.74, 6) is -0.191. The van der Waals surface area contributed by atoms with Crippen molar-refractivity contribution < 1.29 is 17.5 Å². The summed E-state index contributed by atoms with van der Waals surface area (Å²) in [6.45, 7) is 17.3. The lowest BCUT2D eigenvalue weighted by Gasteiger charge is -2.38. The molecule has 0 N–H and O–H groups in total. The van der Waals surface area contributed by atoms with Crippen molar-refractivity contribution in [2.24, 2.45) is 0 Å². The van der Waals surface area contributed by atoms with Gasteiger partial charge in [-0.2, -0.15) is 0 Å². The lowest BCUT2D eigenvalue weighted by atomic mass is 10.1. The highest BCUT2D eigenvalue weighted by atomic mass is 32.2. The van der Waals surface area contributed by atoms with Gasteiger partial charge in [0.2, 0.25) is 0 Å². The third kappa shape index (κ3) is 36.2. The van der Waals surface area contributed by atoms with Crippen LogP contribution < -0.4 is 0 Å². The smallest absolute Gasteiger partial charge is 0.0945 e. The molecule has 43 heavy (non-hydrogen) atoms. The Hall–Kier alpha value is -0.130. The summed E-state index contributed by atoms with van der Waals surface area (Å²) >= 11 is 0. The summed E-state index contributed by atoms with van der Waals surface area (Å²) < 4.78 is 32.4. The average Bonchev–Trinajstić information content (AvgIpc) is 2.98. The summed E-state index contributed by atoms with van der Waals surface area (Å²) in [7, 11) is -3.98. The summed E-state index contributed by atoms with van der Waals surface area (Å²) in [4.78, 5) is 0. The predicted octanol–water partition coefficient (Wildman–Crippen LogP) is 12.4. The predicted molar refractivity (Wildman–Crippen MR) is 192 cm³/mol. The van der Waals surface area contributed by atoms with Gasteiger partial charge in [-0.25, -0.2) is 8.42 Å². The monoisotopic (exact) mass is 632 g/mol. The van der Waals surface area contributed by atoms with Crippen molar-refractivity contribution in [2.75, 3.05) is 31.9 Å². The maximum Gasteiger partial charge on any atom is 0.0945 e. The van der Waals surface area contributed by atoms with E-state index in [-0.39, 0.29) is 5.75 Å². The molecule has 4 nitrogen and oxygen atoms in total. The van der Waals surface area contributed by atoms with Crippen LogP contribution in [0.3, 0.4) is 0 Å². The van der Waals surface area contributed by atoms with Gasteiger partial charge in [0.1, 0.15) is 0 Å². The number of nitrogens with zero attached hydrogens (tertiary/aromatic N) is 1. The molecule has 0 saturated heterocycles. The standard InChI is InChI=1S/C26H56N.C12H26O3S/c1-5-9-12-15-18-21-24-27(8-4,25-22-19-16-13-10-6-2)26-23-20-17-14-11-7-3;1-2-3-4-5-6-7-8-9-10-11-12-16(13,14)15/h5-26H2,1-4H3;2-12H2,1H3,(H,13,14,15)/q+1;/p-1. The first-order valence-corrected chi connectivity index (χ1v) is 21.2. The molecule has 5 heteroatoms. The minimum Gasteiger partial charge on any atom is -0.748 e. The highest BCUT2D eigenvalue weighted by molar-refractivity contribution is 7.85. The Balaban J connectivity index is 0. The number of hydrogen-bond donors (Lipinski definition) is 0. The first kappa shape index (κ1) is 45.0. The van der Waals surface area contributed by atoms with E-state index in [1.165, 1.54) is 191 Å². The number of quaternary nitrogens is 1.